The van der Waals surface area contributed by atoms with Crippen molar-refractivity contribution in [3.05, 3.63) is 30.4 Å². The van der Waals surface area contributed by atoms with E-state index >= 15 is 0 Å². The Hall–Kier alpha value is -3.08. The summed E-state index contributed by atoms with van der Waals surface area (Å²) in [7, 11) is 3.61. The van der Waals surface area contributed by atoms with Crippen LogP contribution in [0, 0.1) is 5.41 Å². The van der Waals surface area contributed by atoms with Crippen molar-refractivity contribution >= 4 is 28.1 Å². The second-order valence-corrected chi connectivity index (χ2v) is 9.11. The molecule has 0 saturated carbocycles. The van der Waals surface area contributed by atoms with Gasteiger partial charge < -0.3 is 29.0 Å². The van der Waals surface area contributed by atoms with Gasteiger partial charge in [-0.3, -0.25) is 0 Å². The summed E-state index contributed by atoms with van der Waals surface area (Å²) in [6.45, 7) is 4.68. The first-order valence-electron chi connectivity index (χ1n) is 11.7. The van der Waals surface area contributed by atoms with Gasteiger partial charge in [0.25, 0.3) is 0 Å². The summed E-state index contributed by atoms with van der Waals surface area (Å²) in [5.74, 6) is 1.53. The molecule has 3 aromatic heterocycles. The largest absolute Gasteiger partial charge is 0.396 e. The van der Waals surface area contributed by atoms with E-state index in [4.69, 9.17) is 19.7 Å². The Morgan fingerprint density at radius 2 is 1.85 bits per heavy atom. The number of aromatic nitrogens is 6. The molecule has 10 heteroatoms. The number of rotatable bonds is 7. The standard InChI is InChI=1S/C24H31N7O3/c1-4-31-18-6-5-16(11-17(18)26-19(31)12-34-3)20-21-22(29(2)15-25-21)28-23(27-20)30-9-7-24(13-32,14-33)8-10-30/h5-6,11,15,32-33H,4,7-10,12-14H2,1-3H3. The summed E-state index contributed by atoms with van der Waals surface area (Å²) in [6, 6.07) is 6.19. The van der Waals surface area contributed by atoms with Crippen molar-refractivity contribution in [2.24, 2.45) is 12.5 Å². The van der Waals surface area contributed by atoms with Gasteiger partial charge in [0.05, 0.1) is 30.6 Å². The maximum absolute atomic E-state index is 9.76. The van der Waals surface area contributed by atoms with Gasteiger partial charge in [0.1, 0.15) is 23.6 Å². The van der Waals surface area contributed by atoms with Crippen LogP contribution in [0.5, 0.6) is 0 Å². The number of piperidine rings is 1. The lowest BCUT2D eigenvalue weighted by molar-refractivity contribution is 0.0338. The number of aliphatic hydroxyl groups is 2. The molecule has 1 aromatic carbocycles. The Balaban J connectivity index is 1.58. The molecule has 4 aromatic rings. The van der Waals surface area contributed by atoms with E-state index in [0.29, 0.717) is 38.5 Å². The molecule has 0 amide bonds. The summed E-state index contributed by atoms with van der Waals surface area (Å²) in [6.07, 6.45) is 3.13. The number of benzene rings is 1. The number of methoxy groups -OCH3 is 1. The number of nitrogens with zero attached hydrogens (tertiary/aromatic N) is 7. The van der Waals surface area contributed by atoms with Crippen LogP contribution in [0.3, 0.4) is 0 Å². The predicted octanol–water partition coefficient (Wildman–Crippen LogP) is 2.12. The van der Waals surface area contributed by atoms with Gasteiger partial charge >= 0.3 is 0 Å². The Kier molecular flexibility index (Phi) is 5.97. The fourth-order valence-corrected chi connectivity index (χ4v) is 4.80. The lowest BCUT2D eigenvalue weighted by atomic mass is 9.80. The second-order valence-electron chi connectivity index (χ2n) is 9.11. The first-order valence-corrected chi connectivity index (χ1v) is 11.7. The molecule has 1 aliphatic heterocycles. The molecule has 180 valence electrons. The van der Waals surface area contributed by atoms with E-state index in [0.717, 1.165) is 45.8 Å². The zero-order chi connectivity index (χ0) is 23.9. The average Bonchev–Trinajstić information content (AvgIpc) is 3.42. The first kappa shape index (κ1) is 22.7. The maximum Gasteiger partial charge on any atom is 0.228 e. The molecule has 2 N–H and O–H groups in total. The van der Waals surface area contributed by atoms with E-state index in [-0.39, 0.29) is 13.2 Å². The van der Waals surface area contributed by atoms with Crippen LogP contribution in [0.4, 0.5) is 5.95 Å². The topological polar surface area (TPSA) is 114 Å². The number of hydrogen-bond acceptors (Lipinski definition) is 8. The molecule has 0 aliphatic carbocycles. The number of aliphatic hydroxyl groups excluding tert-OH is 2. The molecule has 0 bridgehead atoms. The third-order valence-corrected chi connectivity index (χ3v) is 7.02. The molecule has 5 rings (SSSR count). The fourth-order valence-electron chi connectivity index (χ4n) is 4.80. The maximum atomic E-state index is 9.76. The molecule has 10 nitrogen and oxygen atoms in total. The summed E-state index contributed by atoms with van der Waals surface area (Å²) in [5.41, 5.74) is 4.73. The van der Waals surface area contributed by atoms with Crippen LogP contribution in [0.25, 0.3) is 33.5 Å². The number of imidazole rings is 2. The lowest BCUT2D eigenvalue weighted by Crippen LogP contribution is -2.44. The smallest absolute Gasteiger partial charge is 0.228 e. The summed E-state index contributed by atoms with van der Waals surface area (Å²) >= 11 is 0. The third kappa shape index (κ3) is 3.71. The molecule has 0 unspecified atom stereocenters. The summed E-state index contributed by atoms with van der Waals surface area (Å²) in [4.78, 5) is 21.3. The van der Waals surface area contributed by atoms with Gasteiger partial charge in [0.15, 0.2) is 5.65 Å². The second kappa shape index (κ2) is 8.94. The van der Waals surface area contributed by atoms with E-state index in [1.807, 2.05) is 11.6 Å². The van der Waals surface area contributed by atoms with Crippen LogP contribution in [-0.2, 0) is 24.9 Å². The number of aryl methyl sites for hydroxylation is 2. The van der Waals surface area contributed by atoms with Crippen molar-refractivity contribution in [2.75, 3.05) is 38.3 Å². The van der Waals surface area contributed by atoms with Gasteiger partial charge in [-0.2, -0.15) is 4.98 Å². The van der Waals surface area contributed by atoms with Crippen molar-refractivity contribution in [2.45, 2.75) is 32.9 Å². The number of ether oxygens (including phenoxy) is 1. The molecule has 0 atom stereocenters. The quantitative estimate of drug-likeness (QED) is 0.427. The molecule has 0 radical (unpaired) electrons. The number of hydrogen-bond donors (Lipinski definition) is 2. The lowest BCUT2D eigenvalue weighted by Gasteiger charge is -2.39. The molecule has 1 aliphatic rings. The van der Waals surface area contributed by atoms with Crippen molar-refractivity contribution in [3.63, 3.8) is 0 Å². The number of anilines is 1. The van der Waals surface area contributed by atoms with E-state index in [9.17, 15) is 10.2 Å². The van der Waals surface area contributed by atoms with Gasteiger partial charge in [-0.25, -0.2) is 15.0 Å². The summed E-state index contributed by atoms with van der Waals surface area (Å²) in [5, 5.41) is 19.5. The van der Waals surface area contributed by atoms with Gasteiger partial charge in [0.2, 0.25) is 5.95 Å². The zero-order valence-corrected chi connectivity index (χ0v) is 19.9. The van der Waals surface area contributed by atoms with Crippen molar-refractivity contribution < 1.29 is 14.9 Å². The highest BCUT2D eigenvalue weighted by atomic mass is 16.5. The molecular formula is C24H31N7O3. The minimum atomic E-state index is -0.432. The molecule has 1 fully saturated rings. The predicted molar refractivity (Wildman–Crippen MR) is 129 cm³/mol. The minimum Gasteiger partial charge on any atom is -0.396 e. The van der Waals surface area contributed by atoms with E-state index in [1.165, 1.54) is 0 Å². The summed E-state index contributed by atoms with van der Waals surface area (Å²) < 4.78 is 9.40. The van der Waals surface area contributed by atoms with E-state index in [1.54, 1.807) is 13.4 Å². The van der Waals surface area contributed by atoms with Gasteiger partial charge in [-0.15, -0.1) is 0 Å². The minimum absolute atomic E-state index is 0.0142. The molecule has 4 heterocycles. The molecule has 0 spiro atoms. The van der Waals surface area contributed by atoms with Crippen LogP contribution >= 0.6 is 0 Å². The van der Waals surface area contributed by atoms with Gasteiger partial charge in [-0.05, 0) is 31.9 Å². The highest BCUT2D eigenvalue weighted by Gasteiger charge is 2.34. The van der Waals surface area contributed by atoms with Crippen LogP contribution < -0.4 is 4.90 Å². The van der Waals surface area contributed by atoms with Crippen LogP contribution in [0.1, 0.15) is 25.6 Å². The highest BCUT2D eigenvalue weighted by molar-refractivity contribution is 5.91. The Labute approximate surface area is 197 Å². The molecule has 1 saturated heterocycles. The van der Waals surface area contributed by atoms with Crippen LogP contribution in [0.2, 0.25) is 0 Å². The fraction of sp³-hybridized carbons (Fsp3) is 0.500. The third-order valence-electron chi connectivity index (χ3n) is 7.02. The van der Waals surface area contributed by atoms with Crippen molar-refractivity contribution in [3.8, 4) is 11.3 Å². The van der Waals surface area contributed by atoms with Crippen LogP contribution in [-0.4, -0.2) is 72.7 Å². The van der Waals surface area contributed by atoms with Crippen LogP contribution in [0.15, 0.2) is 24.5 Å². The highest BCUT2D eigenvalue weighted by Crippen LogP contribution is 2.34. The van der Waals surface area contributed by atoms with Gasteiger partial charge in [-0.1, -0.05) is 6.07 Å². The Morgan fingerprint density at radius 1 is 1.09 bits per heavy atom. The number of fused-ring (bicyclic) bond motifs is 2. The zero-order valence-electron chi connectivity index (χ0n) is 19.9. The van der Waals surface area contributed by atoms with E-state index < -0.39 is 5.41 Å². The monoisotopic (exact) mass is 465 g/mol. The van der Waals surface area contributed by atoms with Crippen molar-refractivity contribution in [1.29, 1.82) is 0 Å². The van der Waals surface area contributed by atoms with E-state index in [2.05, 4.69) is 39.6 Å². The molecule has 34 heavy (non-hydrogen) atoms. The molecular weight excluding hydrogens is 434 g/mol. The Bertz CT molecular complexity index is 1320. The SMILES string of the molecule is CCn1c(COC)nc2cc(-c3nc(N4CCC(CO)(CO)CC4)nc4c3ncn4C)ccc21. The Morgan fingerprint density at radius 3 is 2.53 bits per heavy atom. The normalized spacial score (nSPS) is 16.1. The first-order chi connectivity index (χ1) is 16.5. The van der Waals surface area contributed by atoms with Crippen molar-refractivity contribution in [1.82, 2.24) is 29.1 Å². The van der Waals surface area contributed by atoms with Gasteiger partial charge in [0, 0.05) is 44.8 Å². The average molecular weight is 466 g/mol.